The second-order valence-corrected chi connectivity index (χ2v) is 8.29. The molecule has 0 spiro atoms. The Bertz CT molecular complexity index is 1040. The fourth-order valence-corrected chi connectivity index (χ4v) is 4.32. The molecular weight excluding hydrogens is 408 g/mol. The average Bonchev–Trinajstić information content (AvgIpc) is 3.08. The fraction of sp³-hybridized carbons (Fsp3) is 0.320. The SMILES string of the molecule is C/C(=C\CNC(=O)C1(NC(=O)OCC2c3ccccc3-c3ccccc32)CCC1)C(=O)O. The van der Waals surface area contributed by atoms with Gasteiger partial charge in [0.05, 0.1) is 0 Å². The first-order valence-corrected chi connectivity index (χ1v) is 10.7. The summed E-state index contributed by atoms with van der Waals surface area (Å²) >= 11 is 0. The van der Waals surface area contributed by atoms with Crippen molar-refractivity contribution in [1.82, 2.24) is 10.6 Å². The van der Waals surface area contributed by atoms with E-state index in [0.29, 0.717) is 12.8 Å². The molecule has 0 bridgehead atoms. The van der Waals surface area contributed by atoms with Crippen LogP contribution in [-0.2, 0) is 14.3 Å². The van der Waals surface area contributed by atoms with Gasteiger partial charge in [0, 0.05) is 18.0 Å². The summed E-state index contributed by atoms with van der Waals surface area (Å²) in [4.78, 5) is 36.1. The van der Waals surface area contributed by atoms with E-state index in [2.05, 4.69) is 34.9 Å². The van der Waals surface area contributed by atoms with Crippen LogP contribution in [0.1, 0.15) is 43.2 Å². The number of rotatable bonds is 7. The first-order chi connectivity index (χ1) is 15.4. The lowest BCUT2D eigenvalue weighted by atomic mass is 9.76. The van der Waals surface area contributed by atoms with Gasteiger partial charge in [-0.3, -0.25) is 4.79 Å². The number of hydrogen-bond donors (Lipinski definition) is 3. The first-order valence-electron chi connectivity index (χ1n) is 10.7. The summed E-state index contributed by atoms with van der Waals surface area (Å²) in [5.41, 5.74) is 3.69. The molecular formula is C25H26N2O5. The lowest BCUT2D eigenvalue weighted by Gasteiger charge is -2.40. The molecule has 7 nitrogen and oxygen atoms in total. The second kappa shape index (κ2) is 8.86. The largest absolute Gasteiger partial charge is 0.478 e. The Morgan fingerprint density at radius 2 is 1.66 bits per heavy atom. The molecule has 0 heterocycles. The van der Waals surface area contributed by atoms with Crippen molar-refractivity contribution >= 4 is 18.0 Å². The topological polar surface area (TPSA) is 105 Å². The molecule has 0 aliphatic heterocycles. The van der Waals surface area contributed by atoms with Gasteiger partial charge in [-0.2, -0.15) is 0 Å². The minimum absolute atomic E-state index is 0.0524. The number of carbonyl (C=O) groups excluding carboxylic acids is 2. The minimum atomic E-state index is -1.03. The number of ether oxygens (including phenoxy) is 1. The molecule has 0 saturated heterocycles. The standard InChI is InChI=1S/C25H26N2O5/c1-16(22(28)29)11-14-26-23(30)25(12-6-13-25)27-24(31)32-15-21-19-9-4-2-7-17(19)18-8-3-5-10-20(18)21/h2-5,7-11,21H,6,12-15H2,1H3,(H,26,30)(H,27,31)(H,28,29)/b16-11+. The highest BCUT2D eigenvalue weighted by Gasteiger charge is 2.45. The number of carboxylic acid groups (broad SMARTS) is 1. The van der Waals surface area contributed by atoms with E-state index in [1.165, 1.54) is 13.0 Å². The quantitative estimate of drug-likeness (QED) is 0.578. The smallest absolute Gasteiger partial charge is 0.408 e. The maximum absolute atomic E-state index is 12.7. The third kappa shape index (κ3) is 4.10. The van der Waals surface area contributed by atoms with Crippen LogP contribution in [0, 0.1) is 0 Å². The van der Waals surface area contributed by atoms with Crippen molar-refractivity contribution in [2.75, 3.05) is 13.2 Å². The van der Waals surface area contributed by atoms with Gasteiger partial charge in [0.15, 0.2) is 0 Å². The van der Waals surface area contributed by atoms with E-state index in [1.54, 1.807) is 0 Å². The van der Waals surface area contributed by atoms with Gasteiger partial charge in [0.1, 0.15) is 12.1 Å². The van der Waals surface area contributed by atoms with E-state index < -0.39 is 17.6 Å². The highest BCUT2D eigenvalue weighted by atomic mass is 16.5. The number of amides is 2. The van der Waals surface area contributed by atoms with Crippen LogP contribution in [0.5, 0.6) is 0 Å². The van der Waals surface area contributed by atoms with E-state index >= 15 is 0 Å². The second-order valence-electron chi connectivity index (χ2n) is 8.29. The van der Waals surface area contributed by atoms with E-state index in [-0.39, 0.29) is 30.5 Å². The van der Waals surface area contributed by atoms with Gasteiger partial charge in [-0.25, -0.2) is 9.59 Å². The van der Waals surface area contributed by atoms with Crippen molar-refractivity contribution in [2.24, 2.45) is 0 Å². The molecule has 2 aliphatic carbocycles. The summed E-state index contributed by atoms with van der Waals surface area (Å²) in [6.07, 6.45) is 2.66. The Morgan fingerprint density at radius 3 is 2.19 bits per heavy atom. The molecule has 1 fully saturated rings. The van der Waals surface area contributed by atoms with Crippen LogP contribution in [0.4, 0.5) is 4.79 Å². The molecule has 7 heteroatoms. The van der Waals surface area contributed by atoms with Gasteiger partial charge in [-0.15, -0.1) is 0 Å². The van der Waals surface area contributed by atoms with Gasteiger partial charge in [-0.05, 0) is 48.4 Å². The zero-order valence-corrected chi connectivity index (χ0v) is 17.9. The number of carboxylic acids is 1. The molecule has 0 unspecified atom stereocenters. The predicted octanol–water partition coefficient (Wildman–Crippen LogP) is 3.59. The molecule has 166 valence electrons. The van der Waals surface area contributed by atoms with Crippen molar-refractivity contribution < 1.29 is 24.2 Å². The van der Waals surface area contributed by atoms with E-state index in [1.807, 2.05) is 24.3 Å². The van der Waals surface area contributed by atoms with E-state index in [9.17, 15) is 14.4 Å². The molecule has 2 amide bonds. The molecule has 32 heavy (non-hydrogen) atoms. The summed E-state index contributed by atoms with van der Waals surface area (Å²) in [6.45, 7) is 1.73. The molecule has 1 saturated carbocycles. The molecule has 3 N–H and O–H groups in total. The highest BCUT2D eigenvalue weighted by Crippen LogP contribution is 2.44. The van der Waals surface area contributed by atoms with E-state index in [4.69, 9.17) is 9.84 Å². The molecule has 0 atom stereocenters. The molecule has 0 aromatic heterocycles. The van der Waals surface area contributed by atoms with Crippen LogP contribution >= 0.6 is 0 Å². The van der Waals surface area contributed by atoms with Crippen molar-refractivity contribution in [3.05, 3.63) is 71.3 Å². The maximum Gasteiger partial charge on any atom is 0.408 e. The molecule has 0 radical (unpaired) electrons. The number of aliphatic carboxylic acids is 1. The zero-order valence-electron chi connectivity index (χ0n) is 17.9. The number of carbonyl (C=O) groups is 3. The summed E-state index contributed by atoms with van der Waals surface area (Å²) in [5.74, 6) is -1.41. The Morgan fingerprint density at radius 1 is 1.06 bits per heavy atom. The Kier molecular flexibility index (Phi) is 5.99. The number of nitrogens with one attached hydrogen (secondary N) is 2. The Labute approximate surface area is 186 Å². The van der Waals surface area contributed by atoms with Crippen LogP contribution in [0.3, 0.4) is 0 Å². The van der Waals surface area contributed by atoms with Crippen LogP contribution in [0.2, 0.25) is 0 Å². The average molecular weight is 434 g/mol. The third-order valence-electron chi connectivity index (χ3n) is 6.33. The summed E-state index contributed by atoms with van der Waals surface area (Å²) < 4.78 is 5.58. The predicted molar refractivity (Wildman–Crippen MR) is 119 cm³/mol. The van der Waals surface area contributed by atoms with Crippen LogP contribution in [0.15, 0.2) is 60.2 Å². The van der Waals surface area contributed by atoms with Crippen molar-refractivity contribution in [1.29, 1.82) is 0 Å². The Hall–Kier alpha value is -3.61. The number of alkyl carbamates (subject to hydrolysis) is 1. The zero-order chi connectivity index (χ0) is 22.7. The fourth-order valence-electron chi connectivity index (χ4n) is 4.32. The van der Waals surface area contributed by atoms with Crippen molar-refractivity contribution in [3.63, 3.8) is 0 Å². The first kappa shape index (κ1) is 21.6. The van der Waals surface area contributed by atoms with Gasteiger partial charge in [0.25, 0.3) is 0 Å². The minimum Gasteiger partial charge on any atom is -0.478 e. The lowest BCUT2D eigenvalue weighted by Crippen LogP contribution is -2.63. The molecule has 2 aromatic carbocycles. The van der Waals surface area contributed by atoms with Gasteiger partial charge in [0.2, 0.25) is 5.91 Å². The maximum atomic E-state index is 12.7. The highest BCUT2D eigenvalue weighted by molar-refractivity contribution is 5.91. The summed E-state index contributed by atoms with van der Waals surface area (Å²) in [5, 5.41) is 14.3. The summed E-state index contributed by atoms with van der Waals surface area (Å²) in [6, 6.07) is 16.2. The lowest BCUT2D eigenvalue weighted by molar-refractivity contribution is -0.133. The molecule has 4 rings (SSSR count). The monoisotopic (exact) mass is 434 g/mol. The summed E-state index contributed by atoms with van der Waals surface area (Å²) in [7, 11) is 0. The number of fused-ring (bicyclic) bond motifs is 3. The van der Waals surface area contributed by atoms with Crippen LogP contribution in [-0.4, -0.2) is 41.8 Å². The van der Waals surface area contributed by atoms with E-state index in [0.717, 1.165) is 28.7 Å². The Balaban J connectivity index is 1.38. The molecule has 2 aromatic rings. The van der Waals surface area contributed by atoms with Crippen molar-refractivity contribution in [3.8, 4) is 11.1 Å². The number of hydrogen-bond acceptors (Lipinski definition) is 4. The molecule has 2 aliphatic rings. The van der Waals surface area contributed by atoms with Crippen molar-refractivity contribution in [2.45, 2.75) is 37.6 Å². The normalized spacial score (nSPS) is 16.3. The number of benzene rings is 2. The third-order valence-corrected chi connectivity index (χ3v) is 6.33. The van der Waals surface area contributed by atoms with Gasteiger partial charge >= 0.3 is 12.1 Å². The van der Waals surface area contributed by atoms with Gasteiger partial charge in [-0.1, -0.05) is 54.6 Å². The van der Waals surface area contributed by atoms with Gasteiger partial charge < -0.3 is 20.5 Å². The van der Waals surface area contributed by atoms with Crippen LogP contribution < -0.4 is 10.6 Å². The van der Waals surface area contributed by atoms with Crippen LogP contribution in [0.25, 0.3) is 11.1 Å².